The maximum Gasteiger partial charge on any atom is 1.00 e. The Morgan fingerprint density at radius 1 is 1.09 bits per heavy atom. The summed E-state index contributed by atoms with van der Waals surface area (Å²) in [5.41, 5.74) is -2.95. The summed E-state index contributed by atoms with van der Waals surface area (Å²) in [4.78, 5) is 40.2. The van der Waals surface area contributed by atoms with Gasteiger partial charge in [0, 0.05) is 28.0 Å². The minimum Gasteiger partial charge on any atom is -0.790 e. The molecule has 4 aromatic rings. The Morgan fingerprint density at radius 3 is 2.47 bits per heavy atom. The van der Waals surface area contributed by atoms with Crippen LogP contribution in [0, 0.1) is 34.6 Å². The molecule has 3 aromatic carbocycles. The maximum atomic E-state index is 15.8. The van der Waals surface area contributed by atoms with E-state index in [1.54, 1.807) is 25.2 Å². The molecule has 0 saturated carbocycles. The number of hydrogen-bond donors (Lipinski definition) is 0. The van der Waals surface area contributed by atoms with Crippen LogP contribution in [0.15, 0.2) is 85.5 Å². The number of benzene rings is 3. The number of halogens is 4. The number of thioether (sulfide) groups is 1. The van der Waals surface area contributed by atoms with Gasteiger partial charge in [0.2, 0.25) is 0 Å². The van der Waals surface area contributed by atoms with Crippen LogP contribution < -0.4 is 68.9 Å². The third-order valence-electron chi connectivity index (χ3n) is 7.96. The van der Waals surface area contributed by atoms with E-state index in [1.807, 2.05) is 6.07 Å². The van der Waals surface area contributed by atoms with E-state index in [0.717, 1.165) is 36.4 Å². The number of carbonyl (C=O) groups excluding carboxylic acids is 1. The molecule has 2 heterocycles. The van der Waals surface area contributed by atoms with E-state index in [0.29, 0.717) is 6.07 Å². The number of rotatable bonds is 14. The monoisotopic (exact) mass is 818 g/mol. The van der Waals surface area contributed by atoms with Crippen molar-refractivity contribution < 1.29 is 115 Å². The third kappa shape index (κ3) is 12.7. The summed E-state index contributed by atoms with van der Waals surface area (Å²) in [5.74, 6) is -4.88. The average molecular weight is 819 g/mol. The molecule has 1 aliphatic heterocycles. The second kappa shape index (κ2) is 21.2. The first-order chi connectivity index (χ1) is 25.3. The van der Waals surface area contributed by atoms with Crippen molar-refractivity contribution in [3.8, 4) is 6.07 Å². The summed E-state index contributed by atoms with van der Waals surface area (Å²) in [7, 11) is -5.59. The van der Waals surface area contributed by atoms with Gasteiger partial charge in [0.25, 0.3) is 0 Å². The van der Waals surface area contributed by atoms with Crippen molar-refractivity contribution in [2.45, 2.75) is 42.5 Å². The quantitative estimate of drug-likeness (QED) is 0.0498. The maximum absolute atomic E-state index is 15.8. The third-order valence-corrected chi connectivity index (χ3v) is 9.85. The predicted molar refractivity (Wildman–Crippen MR) is 178 cm³/mol. The average Bonchev–Trinajstić information content (AvgIpc) is 3.63. The van der Waals surface area contributed by atoms with Crippen LogP contribution in [0.3, 0.4) is 0 Å². The van der Waals surface area contributed by atoms with E-state index in [-0.39, 0.29) is 95.6 Å². The molecule has 1 aromatic heterocycles. The van der Waals surface area contributed by atoms with E-state index in [1.165, 1.54) is 47.3 Å². The van der Waals surface area contributed by atoms with Crippen LogP contribution in [0.1, 0.15) is 39.5 Å². The molecule has 0 radical (unpaired) electrons. The van der Waals surface area contributed by atoms with Gasteiger partial charge in [0.15, 0.2) is 11.9 Å². The molecule has 0 spiro atoms. The summed E-state index contributed by atoms with van der Waals surface area (Å²) >= 11 is 1.18. The van der Waals surface area contributed by atoms with E-state index >= 15 is 4.39 Å². The number of hydrogen-bond acceptors (Lipinski definition) is 12. The van der Waals surface area contributed by atoms with E-state index in [2.05, 4.69) is 14.6 Å². The molecule has 278 valence electrons. The van der Waals surface area contributed by atoms with Gasteiger partial charge in [-0.25, -0.2) is 32.0 Å². The molecular weight excluding hydrogens is 789 g/mol. The zero-order valence-electron chi connectivity index (χ0n) is 29.6. The van der Waals surface area contributed by atoms with Crippen molar-refractivity contribution in [1.29, 1.82) is 5.26 Å². The van der Waals surface area contributed by atoms with Crippen LogP contribution in [0.5, 0.6) is 0 Å². The Morgan fingerprint density at radius 2 is 1.84 bits per heavy atom. The molecule has 1 fully saturated rings. The molecule has 0 aliphatic carbocycles. The fourth-order valence-corrected chi connectivity index (χ4v) is 7.03. The zero-order chi connectivity index (χ0) is 38.2. The Balaban J connectivity index is 0.00000406. The number of esters is 1. The van der Waals surface area contributed by atoms with Gasteiger partial charge in [-0.2, -0.15) is 10.4 Å². The summed E-state index contributed by atoms with van der Waals surface area (Å²) in [6.45, 7) is 0.317. The number of allylic oxidation sites excluding steroid dienone is 2. The number of nitriles is 1. The van der Waals surface area contributed by atoms with Gasteiger partial charge >= 0.3 is 65.1 Å². The predicted octanol–water partition coefficient (Wildman–Crippen LogP) is -1.06. The summed E-state index contributed by atoms with van der Waals surface area (Å²) in [6.07, 6.45) is 7.94. The molecule has 12 nitrogen and oxygen atoms in total. The van der Waals surface area contributed by atoms with E-state index in [4.69, 9.17) is 19.5 Å². The van der Waals surface area contributed by atoms with Crippen molar-refractivity contribution in [2.75, 3.05) is 13.2 Å². The van der Waals surface area contributed by atoms with E-state index < -0.39 is 77.2 Å². The number of phosphoric ester groups is 1. The number of aromatic nitrogens is 3. The van der Waals surface area contributed by atoms with Crippen molar-refractivity contribution >= 4 is 31.6 Å². The van der Waals surface area contributed by atoms with Gasteiger partial charge < -0.3 is 33.1 Å². The smallest absolute Gasteiger partial charge is 0.790 e. The minimum absolute atomic E-state index is 0. The largest absolute Gasteiger partial charge is 1.00 e. The van der Waals surface area contributed by atoms with Crippen LogP contribution in [0.25, 0.3) is 6.08 Å². The van der Waals surface area contributed by atoms with Crippen LogP contribution in [0.4, 0.5) is 17.6 Å². The number of nitrogens with zero attached hydrogens (tertiary/aromatic N) is 4. The Bertz CT molecular complexity index is 2080. The fraction of sp³-hybridized carbons (Fsp3) is 0.257. The molecule has 20 heteroatoms. The van der Waals surface area contributed by atoms with Crippen LogP contribution in [-0.2, 0) is 42.1 Å². The number of ether oxygens (including phenoxy) is 3. The van der Waals surface area contributed by atoms with Gasteiger partial charge in [0.05, 0.1) is 56.6 Å². The first kappa shape index (κ1) is 46.7. The first-order valence-corrected chi connectivity index (χ1v) is 18.1. The topological polar surface area (TPSA) is 172 Å². The second-order valence-electron chi connectivity index (χ2n) is 11.5. The normalized spacial score (nSPS) is 17.5. The first-order valence-electron chi connectivity index (χ1n) is 15.7. The Kier molecular flexibility index (Phi) is 18.0. The molecule has 1 saturated heterocycles. The van der Waals surface area contributed by atoms with Gasteiger partial charge in [0.1, 0.15) is 35.9 Å². The van der Waals surface area contributed by atoms with Crippen molar-refractivity contribution in [3.63, 3.8) is 0 Å². The minimum atomic E-state index is -5.59. The molecule has 0 amide bonds. The molecular formula is C35H29F4N4Na2O8PS. The molecule has 5 rings (SSSR count). The van der Waals surface area contributed by atoms with Gasteiger partial charge in [-0.1, -0.05) is 30.4 Å². The molecule has 2 atom stereocenters. The van der Waals surface area contributed by atoms with Gasteiger partial charge in [-0.05, 0) is 49.4 Å². The van der Waals surface area contributed by atoms with Crippen LogP contribution >= 0.6 is 19.6 Å². The van der Waals surface area contributed by atoms with Crippen molar-refractivity contribution in [3.05, 3.63) is 137 Å². The Hall–Kier alpha value is -2.66. The van der Waals surface area contributed by atoms with Crippen molar-refractivity contribution in [1.82, 2.24) is 14.8 Å². The SMILES string of the molecule is C[C@@H](S[C@H]1CO[C@H](C=CC=Cc2ccc(C#N)cc2F)OC1)[C@@](Cn1cncn1)(OC(=O)c1cccc(F)c1COP(=O)([O-])[O-])c1ccc(F)cc1F.[Na+].[Na+]. The fourth-order valence-electron chi connectivity index (χ4n) is 5.39. The summed E-state index contributed by atoms with van der Waals surface area (Å²) in [5, 5.41) is 11.7. The molecule has 0 unspecified atom stereocenters. The summed E-state index contributed by atoms with van der Waals surface area (Å²) in [6, 6.07) is 11.8. The molecule has 0 N–H and O–H groups in total. The zero-order valence-corrected chi connectivity index (χ0v) is 35.4. The molecule has 55 heavy (non-hydrogen) atoms. The van der Waals surface area contributed by atoms with Crippen molar-refractivity contribution in [2.24, 2.45) is 0 Å². The molecule has 0 bridgehead atoms. The number of phosphoric acid groups is 1. The van der Waals surface area contributed by atoms with E-state index in [9.17, 15) is 32.3 Å². The van der Waals surface area contributed by atoms with Crippen LogP contribution in [-0.4, -0.2) is 50.7 Å². The van der Waals surface area contributed by atoms with Gasteiger partial charge in [-0.3, -0.25) is 0 Å². The second-order valence-corrected chi connectivity index (χ2v) is 14.3. The van der Waals surface area contributed by atoms with Gasteiger partial charge in [-0.15, -0.1) is 11.8 Å². The standard InChI is InChI=1S/C35H31F4N4O8PS.2Na/c1-22(53-26-16-48-33(49-17-26)8-3-2-5-24-10-9-23(15-40)13-31(24)38)35(19-43-21-41-20-42-43,29-12-11-25(36)14-32(29)39)51-34(44)27-6-4-7-30(37)28(27)18-50-52(45,46)47;;/h2-14,20-22,26,33H,16-19H2,1H3,(H2,45,46,47);;/q;2*+1/p-2/t22-,26-,33-,35-;;/m1../s1. The number of carbonyl (C=O) groups is 1. The van der Waals surface area contributed by atoms with Crippen LogP contribution in [0.2, 0.25) is 0 Å². The summed E-state index contributed by atoms with van der Waals surface area (Å²) < 4.78 is 93.4. The molecule has 1 aliphatic rings. The Labute approximate surface area is 361 Å².